The largest absolute Gasteiger partial charge is 0.389 e. The number of ether oxygens (including phenoxy) is 1. The van der Waals surface area contributed by atoms with Crippen LogP contribution in [0.4, 0.5) is 0 Å². The monoisotopic (exact) mass is 273 g/mol. The van der Waals surface area contributed by atoms with Gasteiger partial charge in [0.15, 0.2) is 0 Å². The Labute approximate surface area is 117 Å². The van der Waals surface area contributed by atoms with Gasteiger partial charge in [0.25, 0.3) is 0 Å². The minimum Gasteiger partial charge on any atom is -0.389 e. The maximum absolute atomic E-state index is 9.82. The Balaban J connectivity index is 2.19. The van der Waals surface area contributed by atoms with Gasteiger partial charge in [-0.15, -0.1) is 0 Å². The highest BCUT2D eigenvalue weighted by molar-refractivity contribution is 4.78. The molecule has 19 heavy (non-hydrogen) atoms. The van der Waals surface area contributed by atoms with Gasteiger partial charge in [-0.3, -0.25) is 4.90 Å². The van der Waals surface area contributed by atoms with Gasteiger partial charge in [0.2, 0.25) is 0 Å². The highest BCUT2D eigenvalue weighted by Gasteiger charge is 2.22. The van der Waals surface area contributed by atoms with Crippen molar-refractivity contribution in [2.45, 2.75) is 38.9 Å². The molecule has 1 fully saturated rings. The van der Waals surface area contributed by atoms with Crippen LogP contribution < -0.4 is 5.73 Å². The van der Waals surface area contributed by atoms with Gasteiger partial charge in [-0.1, -0.05) is 0 Å². The number of piperazine rings is 1. The molecule has 0 bridgehead atoms. The van der Waals surface area contributed by atoms with Crippen LogP contribution in [0.15, 0.2) is 0 Å². The molecule has 5 nitrogen and oxygen atoms in total. The van der Waals surface area contributed by atoms with E-state index in [1.807, 2.05) is 20.8 Å². The van der Waals surface area contributed by atoms with Gasteiger partial charge in [-0.05, 0) is 27.2 Å². The van der Waals surface area contributed by atoms with Crippen molar-refractivity contribution in [3.8, 4) is 0 Å². The molecule has 0 aromatic rings. The minimum atomic E-state index is -0.595. The zero-order chi connectivity index (χ0) is 14.3. The second-order valence-corrected chi connectivity index (χ2v) is 6.03. The molecule has 0 aromatic carbocycles. The normalized spacial score (nSPS) is 20.7. The van der Waals surface area contributed by atoms with E-state index in [0.29, 0.717) is 6.54 Å². The van der Waals surface area contributed by atoms with Crippen molar-refractivity contribution < 1.29 is 9.84 Å². The molecule has 1 heterocycles. The molecule has 3 N–H and O–H groups in total. The lowest BCUT2D eigenvalue weighted by Crippen LogP contribution is -2.50. The van der Waals surface area contributed by atoms with E-state index in [0.717, 1.165) is 52.3 Å². The summed E-state index contributed by atoms with van der Waals surface area (Å²) in [4.78, 5) is 4.79. The molecule has 1 saturated heterocycles. The molecule has 1 rings (SSSR count). The summed E-state index contributed by atoms with van der Waals surface area (Å²) >= 11 is 0. The number of aliphatic hydroxyl groups is 1. The Morgan fingerprint density at radius 3 is 2.26 bits per heavy atom. The standard InChI is InChI=1S/C14H31N3O2/c1-4-19-13(11-15)5-6-16-7-9-17(10-8-16)12-14(2,3)18/h13,18H,4-12,15H2,1-3H3. The van der Waals surface area contributed by atoms with E-state index in [2.05, 4.69) is 9.80 Å². The molecule has 0 aromatic heterocycles. The zero-order valence-electron chi connectivity index (χ0n) is 12.8. The van der Waals surface area contributed by atoms with E-state index >= 15 is 0 Å². The zero-order valence-corrected chi connectivity index (χ0v) is 12.8. The highest BCUT2D eigenvalue weighted by Crippen LogP contribution is 2.09. The van der Waals surface area contributed by atoms with Crippen LogP contribution >= 0.6 is 0 Å². The lowest BCUT2D eigenvalue weighted by atomic mass is 10.1. The highest BCUT2D eigenvalue weighted by atomic mass is 16.5. The summed E-state index contributed by atoms with van der Waals surface area (Å²) in [5.74, 6) is 0. The van der Waals surface area contributed by atoms with Gasteiger partial charge in [-0.25, -0.2) is 0 Å². The third-order valence-electron chi connectivity index (χ3n) is 3.51. The summed E-state index contributed by atoms with van der Waals surface area (Å²) in [6.45, 7) is 13.1. The first-order valence-corrected chi connectivity index (χ1v) is 7.43. The lowest BCUT2D eigenvalue weighted by Gasteiger charge is -2.37. The SMILES string of the molecule is CCOC(CN)CCN1CCN(CC(C)(C)O)CC1. The summed E-state index contributed by atoms with van der Waals surface area (Å²) in [6.07, 6.45) is 1.20. The van der Waals surface area contributed by atoms with Gasteiger partial charge < -0.3 is 20.5 Å². The summed E-state index contributed by atoms with van der Waals surface area (Å²) in [6, 6.07) is 0. The van der Waals surface area contributed by atoms with Gasteiger partial charge >= 0.3 is 0 Å². The van der Waals surface area contributed by atoms with Crippen LogP contribution in [0, 0.1) is 0 Å². The van der Waals surface area contributed by atoms with Gasteiger partial charge in [-0.2, -0.15) is 0 Å². The van der Waals surface area contributed by atoms with Crippen molar-refractivity contribution in [2.24, 2.45) is 5.73 Å². The van der Waals surface area contributed by atoms with E-state index in [9.17, 15) is 5.11 Å². The van der Waals surface area contributed by atoms with E-state index in [1.165, 1.54) is 0 Å². The second-order valence-electron chi connectivity index (χ2n) is 6.03. The van der Waals surface area contributed by atoms with Gasteiger partial charge in [0.05, 0.1) is 11.7 Å². The fourth-order valence-electron chi connectivity index (χ4n) is 2.55. The van der Waals surface area contributed by atoms with Crippen molar-refractivity contribution in [2.75, 3.05) is 52.4 Å². The Hall–Kier alpha value is -0.200. The molecular formula is C14H31N3O2. The smallest absolute Gasteiger partial charge is 0.0718 e. The molecule has 0 saturated carbocycles. The number of rotatable bonds is 8. The first kappa shape index (κ1) is 16.9. The van der Waals surface area contributed by atoms with Gasteiger partial charge in [0.1, 0.15) is 0 Å². The van der Waals surface area contributed by atoms with Crippen molar-refractivity contribution in [3.05, 3.63) is 0 Å². The average molecular weight is 273 g/mol. The Kier molecular flexibility index (Phi) is 7.25. The molecule has 0 spiro atoms. The Morgan fingerprint density at radius 2 is 1.79 bits per heavy atom. The van der Waals surface area contributed by atoms with Crippen molar-refractivity contribution in [1.82, 2.24) is 9.80 Å². The summed E-state index contributed by atoms with van der Waals surface area (Å²) in [5, 5.41) is 9.82. The number of hydrogen-bond donors (Lipinski definition) is 2. The predicted molar refractivity (Wildman–Crippen MR) is 78.3 cm³/mol. The summed E-state index contributed by atoms with van der Waals surface area (Å²) in [5.41, 5.74) is 5.09. The molecule has 1 aliphatic heterocycles. The van der Waals surface area contributed by atoms with E-state index < -0.39 is 5.60 Å². The van der Waals surface area contributed by atoms with Crippen LogP contribution in [0.25, 0.3) is 0 Å². The molecule has 114 valence electrons. The maximum atomic E-state index is 9.82. The van der Waals surface area contributed by atoms with Crippen molar-refractivity contribution >= 4 is 0 Å². The van der Waals surface area contributed by atoms with E-state index in [-0.39, 0.29) is 6.10 Å². The fourth-order valence-corrected chi connectivity index (χ4v) is 2.55. The lowest BCUT2D eigenvalue weighted by molar-refractivity contribution is 0.0125. The van der Waals surface area contributed by atoms with Crippen molar-refractivity contribution in [3.63, 3.8) is 0 Å². The quantitative estimate of drug-likeness (QED) is 0.658. The molecule has 1 unspecified atom stereocenters. The molecule has 0 amide bonds. The molecule has 1 atom stereocenters. The van der Waals surface area contributed by atoms with Crippen molar-refractivity contribution in [1.29, 1.82) is 0 Å². The van der Waals surface area contributed by atoms with Crippen LogP contribution in [0.1, 0.15) is 27.2 Å². The van der Waals surface area contributed by atoms with Crippen LogP contribution in [0.3, 0.4) is 0 Å². The predicted octanol–water partition coefficient (Wildman–Crippen LogP) is 0.129. The molecular weight excluding hydrogens is 242 g/mol. The third kappa shape index (κ3) is 7.22. The first-order valence-electron chi connectivity index (χ1n) is 7.43. The Bertz CT molecular complexity index is 235. The minimum absolute atomic E-state index is 0.194. The fraction of sp³-hybridized carbons (Fsp3) is 1.00. The molecule has 0 aliphatic carbocycles. The summed E-state index contributed by atoms with van der Waals surface area (Å²) < 4.78 is 5.57. The summed E-state index contributed by atoms with van der Waals surface area (Å²) in [7, 11) is 0. The van der Waals surface area contributed by atoms with Crippen LogP contribution in [-0.2, 0) is 4.74 Å². The molecule has 0 radical (unpaired) electrons. The first-order chi connectivity index (χ1) is 8.94. The number of hydrogen-bond acceptors (Lipinski definition) is 5. The van der Waals surface area contributed by atoms with Crippen LogP contribution in [0.2, 0.25) is 0 Å². The topological polar surface area (TPSA) is 62.0 Å². The Morgan fingerprint density at radius 1 is 1.21 bits per heavy atom. The van der Waals surface area contributed by atoms with E-state index in [1.54, 1.807) is 0 Å². The number of β-amino-alcohol motifs (C(OH)–C–C–N with tert-alkyl or cyclic N) is 1. The average Bonchev–Trinajstić information content (AvgIpc) is 2.34. The third-order valence-corrected chi connectivity index (χ3v) is 3.51. The maximum Gasteiger partial charge on any atom is 0.0718 e. The molecule has 5 heteroatoms. The van der Waals surface area contributed by atoms with E-state index in [4.69, 9.17) is 10.5 Å². The number of nitrogens with zero attached hydrogens (tertiary/aromatic N) is 2. The van der Waals surface area contributed by atoms with Gasteiger partial charge in [0, 0.05) is 52.4 Å². The molecule has 1 aliphatic rings. The number of nitrogens with two attached hydrogens (primary N) is 1. The second kappa shape index (κ2) is 8.17. The van der Waals surface area contributed by atoms with Crippen LogP contribution in [0.5, 0.6) is 0 Å². The van der Waals surface area contributed by atoms with Crippen LogP contribution in [-0.4, -0.2) is 79.0 Å².